The molecule has 114 valence electrons. The molecule has 5 heteroatoms. The van der Waals surface area contributed by atoms with Crippen molar-refractivity contribution in [1.82, 2.24) is 15.3 Å². The van der Waals surface area contributed by atoms with Crippen molar-refractivity contribution < 1.29 is 4.39 Å². The summed E-state index contributed by atoms with van der Waals surface area (Å²) >= 11 is 1.55. The average Bonchev–Trinajstić information content (AvgIpc) is 2.80. The first-order valence-electron chi connectivity index (χ1n) is 7.12. The van der Waals surface area contributed by atoms with Crippen LogP contribution in [0.25, 0.3) is 10.6 Å². The van der Waals surface area contributed by atoms with Crippen LogP contribution in [0.5, 0.6) is 0 Å². The summed E-state index contributed by atoms with van der Waals surface area (Å²) in [7, 11) is 0. The summed E-state index contributed by atoms with van der Waals surface area (Å²) in [6.07, 6.45) is 2.83. The molecule has 0 spiro atoms. The van der Waals surface area contributed by atoms with Crippen LogP contribution >= 0.6 is 11.3 Å². The van der Waals surface area contributed by atoms with Crippen molar-refractivity contribution in [3.63, 3.8) is 0 Å². The van der Waals surface area contributed by atoms with Crippen molar-refractivity contribution in [2.75, 3.05) is 0 Å². The summed E-state index contributed by atoms with van der Waals surface area (Å²) in [5.74, 6) is -0.00597. The molecule has 0 bridgehead atoms. The van der Waals surface area contributed by atoms with E-state index in [1.54, 1.807) is 23.6 Å². The molecule has 0 unspecified atom stereocenters. The first-order chi connectivity index (χ1) is 9.78. The van der Waals surface area contributed by atoms with Crippen molar-refractivity contribution in [1.29, 1.82) is 0 Å². The van der Waals surface area contributed by atoms with E-state index in [1.807, 2.05) is 0 Å². The van der Waals surface area contributed by atoms with Crippen LogP contribution < -0.4 is 5.32 Å². The Morgan fingerprint density at radius 3 is 2.62 bits per heavy atom. The molecule has 2 rings (SSSR count). The van der Waals surface area contributed by atoms with E-state index < -0.39 is 0 Å². The molecule has 0 amide bonds. The van der Waals surface area contributed by atoms with Gasteiger partial charge in [0, 0.05) is 28.7 Å². The maximum Gasteiger partial charge on any atom is 0.151 e. The quantitative estimate of drug-likeness (QED) is 0.912. The molecule has 0 aliphatic carbocycles. The highest BCUT2D eigenvalue weighted by molar-refractivity contribution is 7.15. The molecule has 2 aromatic rings. The third-order valence-electron chi connectivity index (χ3n) is 3.06. The molecule has 3 nitrogen and oxygen atoms in total. The SMILES string of the molecule is CC(C)c1nc(-c2ccncc2F)sc1CNC(C)(C)C. The van der Waals surface area contributed by atoms with Gasteiger partial charge >= 0.3 is 0 Å². The Hall–Kier alpha value is -1.33. The predicted octanol–water partition coefficient (Wildman–Crippen LogP) is 4.36. The fourth-order valence-corrected chi connectivity index (χ4v) is 3.13. The minimum atomic E-state index is -0.322. The molecule has 21 heavy (non-hydrogen) atoms. The van der Waals surface area contributed by atoms with Gasteiger partial charge < -0.3 is 5.32 Å². The Morgan fingerprint density at radius 2 is 2.05 bits per heavy atom. The minimum Gasteiger partial charge on any atom is -0.307 e. The van der Waals surface area contributed by atoms with Crippen molar-refractivity contribution in [3.05, 3.63) is 34.8 Å². The second-order valence-electron chi connectivity index (χ2n) is 6.44. The van der Waals surface area contributed by atoms with Gasteiger partial charge in [0.1, 0.15) is 5.01 Å². The topological polar surface area (TPSA) is 37.8 Å². The minimum absolute atomic E-state index is 0.0420. The lowest BCUT2D eigenvalue weighted by atomic mass is 10.1. The average molecular weight is 307 g/mol. The van der Waals surface area contributed by atoms with E-state index in [0.717, 1.165) is 17.2 Å². The van der Waals surface area contributed by atoms with Crippen LogP contribution in [0, 0.1) is 5.82 Å². The lowest BCUT2D eigenvalue weighted by molar-refractivity contribution is 0.425. The first kappa shape index (κ1) is 16.0. The summed E-state index contributed by atoms with van der Waals surface area (Å²) in [6, 6.07) is 1.68. The van der Waals surface area contributed by atoms with E-state index in [-0.39, 0.29) is 11.4 Å². The molecule has 0 aliphatic rings. The lowest BCUT2D eigenvalue weighted by Gasteiger charge is -2.20. The smallest absolute Gasteiger partial charge is 0.151 e. The lowest BCUT2D eigenvalue weighted by Crippen LogP contribution is -2.35. The van der Waals surface area contributed by atoms with Gasteiger partial charge in [-0.3, -0.25) is 4.98 Å². The fraction of sp³-hybridized carbons (Fsp3) is 0.500. The Labute approximate surface area is 129 Å². The van der Waals surface area contributed by atoms with Crippen molar-refractivity contribution in [2.45, 2.75) is 52.6 Å². The Bertz CT molecular complexity index is 614. The molecule has 1 N–H and O–H groups in total. The van der Waals surface area contributed by atoms with Crippen LogP contribution in [-0.4, -0.2) is 15.5 Å². The van der Waals surface area contributed by atoms with E-state index >= 15 is 0 Å². The van der Waals surface area contributed by atoms with Gasteiger partial charge in [0.05, 0.1) is 11.9 Å². The molecule has 2 heterocycles. The summed E-state index contributed by atoms with van der Waals surface area (Å²) in [6.45, 7) is 11.4. The number of aromatic nitrogens is 2. The Kier molecular flexibility index (Phi) is 4.74. The first-order valence-corrected chi connectivity index (χ1v) is 7.94. The van der Waals surface area contributed by atoms with E-state index in [9.17, 15) is 4.39 Å². The highest BCUT2D eigenvalue weighted by Crippen LogP contribution is 2.33. The number of thiazole rings is 1. The number of nitrogens with one attached hydrogen (secondary N) is 1. The Morgan fingerprint density at radius 1 is 1.33 bits per heavy atom. The highest BCUT2D eigenvalue weighted by Gasteiger charge is 2.19. The zero-order valence-electron chi connectivity index (χ0n) is 13.2. The number of pyridine rings is 1. The summed E-state index contributed by atoms with van der Waals surface area (Å²) in [5, 5.41) is 4.20. The third kappa shape index (κ3) is 4.08. The maximum atomic E-state index is 13.9. The number of nitrogens with zero attached hydrogens (tertiary/aromatic N) is 2. The van der Waals surface area contributed by atoms with E-state index in [0.29, 0.717) is 11.5 Å². The summed E-state index contributed by atoms with van der Waals surface area (Å²) in [4.78, 5) is 9.62. The zero-order valence-corrected chi connectivity index (χ0v) is 14.0. The van der Waals surface area contributed by atoms with Crippen LogP contribution in [0.2, 0.25) is 0 Å². The van der Waals surface area contributed by atoms with Crippen LogP contribution in [0.3, 0.4) is 0 Å². The number of rotatable bonds is 4. The monoisotopic (exact) mass is 307 g/mol. The van der Waals surface area contributed by atoms with Crippen LogP contribution in [-0.2, 0) is 6.54 Å². The molecule has 0 radical (unpaired) electrons. The summed E-state index contributed by atoms with van der Waals surface area (Å²) < 4.78 is 13.9. The van der Waals surface area contributed by atoms with Crippen LogP contribution in [0.1, 0.15) is 51.1 Å². The largest absolute Gasteiger partial charge is 0.307 e. The van der Waals surface area contributed by atoms with Gasteiger partial charge in [-0.2, -0.15) is 0 Å². The number of hydrogen-bond donors (Lipinski definition) is 1. The molecule has 0 aromatic carbocycles. The van der Waals surface area contributed by atoms with Crippen LogP contribution in [0.4, 0.5) is 4.39 Å². The van der Waals surface area contributed by atoms with Gasteiger partial charge in [-0.1, -0.05) is 13.8 Å². The van der Waals surface area contributed by atoms with Crippen molar-refractivity contribution in [3.8, 4) is 10.6 Å². The number of halogens is 1. The van der Waals surface area contributed by atoms with Gasteiger partial charge in [0.2, 0.25) is 0 Å². The van der Waals surface area contributed by atoms with E-state index in [2.05, 4.69) is 49.9 Å². The molecular weight excluding hydrogens is 285 g/mol. The van der Waals surface area contributed by atoms with Gasteiger partial charge in [-0.15, -0.1) is 11.3 Å². The van der Waals surface area contributed by atoms with Crippen LogP contribution in [0.15, 0.2) is 18.5 Å². The molecule has 0 atom stereocenters. The zero-order chi connectivity index (χ0) is 15.6. The van der Waals surface area contributed by atoms with E-state index in [4.69, 9.17) is 0 Å². The number of hydrogen-bond acceptors (Lipinski definition) is 4. The van der Waals surface area contributed by atoms with Gasteiger partial charge in [-0.25, -0.2) is 9.37 Å². The van der Waals surface area contributed by atoms with Crippen molar-refractivity contribution >= 4 is 11.3 Å². The predicted molar refractivity (Wildman–Crippen MR) is 86.0 cm³/mol. The fourth-order valence-electron chi connectivity index (χ4n) is 1.95. The van der Waals surface area contributed by atoms with Crippen molar-refractivity contribution in [2.24, 2.45) is 0 Å². The highest BCUT2D eigenvalue weighted by atomic mass is 32.1. The molecule has 2 aromatic heterocycles. The second kappa shape index (κ2) is 6.20. The summed E-state index contributed by atoms with van der Waals surface area (Å²) in [5.41, 5.74) is 1.61. The van der Waals surface area contributed by atoms with E-state index in [1.165, 1.54) is 11.1 Å². The molecule has 0 fully saturated rings. The normalized spacial score (nSPS) is 12.1. The second-order valence-corrected chi connectivity index (χ2v) is 7.52. The third-order valence-corrected chi connectivity index (χ3v) is 4.16. The maximum absolute atomic E-state index is 13.9. The standard InChI is InChI=1S/C16H22FN3S/c1-10(2)14-13(9-19-16(3,4)5)21-15(20-14)11-6-7-18-8-12(11)17/h6-8,10,19H,9H2,1-5H3. The van der Waals surface area contributed by atoms with Gasteiger partial charge in [0.25, 0.3) is 0 Å². The molecule has 0 saturated heterocycles. The van der Waals surface area contributed by atoms with Gasteiger partial charge in [-0.05, 0) is 32.8 Å². The molecule has 0 saturated carbocycles. The Balaban J connectivity index is 2.36. The van der Waals surface area contributed by atoms with Gasteiger partial charge in [0.15, 0.2) is 5.82 Å². The molecular formula is C16H22FN3S. The molecule has 0 aliphatic heterocycles.